The van der Waals surface area contributed by atoms with Gasteiger partial charge in [0.05, 0.1) is 12.2 Å². The molecule has 1 amide bonds. The molecule has 0 aromatic heterocycles. The van der Waals surface area contributed by atoms with E-state index in [1.165, 1.54) is 16.4 Å². The first-order valence-electron chi connectivity index (χ1n) is 6.96. The lowest BCUT2D eigenvalue weighted by molar-refractivity contribution is -0.120. The van der Waals surface area contributed by atoms with E-state index in [4.69, 9.17) is 0 Å². The Labute approximate surface area is 124 Å². The van der Waals surface area contributed by atoms with Crippen LogP contribution in [0.15, 0.2) is 24.3 Å². The number of nitrogens with zero attached hydrogens (tertiary/aromatic N) is 1. The molecule has 21 heavy (non-hydrogen) atoms. The van der Waals surface area contributed by atoms with Crippen LogP contribution in [0.1, 0.15) is 18.4 Å². The lowest BCUT2D eigenvalue weighted by Crippen LogP contribution is -2.42. The molecule has 1 aliphatic rings. The van der Waals surface area contributed by atoms with Crippen molar-refractivity contribution in [2.45, 2.75) is 19.3 Å². The third kappa shape index (κ3) is 4.78. The van der Waals surface area contributed by atoms with Crippen molar-refractivity contribution in [3.05, 3.63) is 35.6 Å². The molecule has 1 aliphatic heterocycles. The van der Waals surface area contributed by atoms with Crippen LogP contribution in [0.25, 0.3) is 0 Å². The molecule has 1 fully saturated rings. The fraction of sp³-hybridized carbons (Fsp3) is 0.500. The van der Waals surface area contributed by atoms with Crippen molar-refractivity contribution >= 4 is 15.9 Å². The van der Waals surface area contributed by atoms with Crippen molar-refractivity contribution < 1.29 is 17.6 Å². The second-order valence-corrected chi connectivity index (χ2v) is 7.17. The van der Waals surface area contributed by atoms with Crippen LogP contribution in [0.5, 0.6) is 0 Å². The maximum absolute atomic E-state index is 13.0. The molecule has 1 saturated heterocycles. The van der Waals surface area contributed by atoms with Crippen molar-refractivity contribution in [3.63, 3.8) is 0 Å². The third-order valence-corrected chi connectivity index (χ3v) is 5.35. The predicted octanol–water partition coefficient (Wildman–Crippen LogP) is 0.910. The number of rotatable bonds is 5. The van der Waals surface area contributed by atoms with Gasteiger partial charge in [0.25, 0.3) is 0 Å². The smallest absolute Gasteiger partial charge is 0.224 e. The van der Waals surface area contributed by atoms with Gasteiger partial charge in [-0.05, 0) is 30.5 Å². The molecule has 2 rings (SSSR count). The maximum atomic E-state index is 13.0. The van der Waals surface area contributed by atoms with Crippen LogP contribution in [-0.2, 0) is 21.2 Å². The Hall–Kier alpha value is -1.47. The van der Waals surface area contributed by atoms with Gasteiger partial charge in [0, 0.05) is 19.6 Å². The minimum atomic E-state index is -3.15. The summed E-state index contributed by atoms with van der Waals surface area (Å²) < 4.78 is 37.9. The van der Waals surface area contributed by atoms with E-state index in [0.29, 0.717) is 18.5 Å². The summed E-state index contributed by atoms with van der Waals surface area (Å²) in [5.74, 6) is -0.431. The zero-order chi connectivity index (χ0) is 15.3. The number of benzene rings is 1. The SMILES string of the molecule is O=C(Cc1cccc(F)c1)NCCN1CCCCS1(=O)=O. The van der Waals surface area contributed by atoms with E-state index in [2.05, 4.69) is 5.32 Å². The van der Waals surface area contributed by atoms with E-state index >= 15 is 0 Å². The van der Waals surface area contributed by atoms with Crippen molar-refractivity contribution in [2.75, 3.05) is 25.4 Å². The molecule has 0 atom stereocenters. The molecule has 7 heteroatoms. The summed E-state index contributed by atoms with van der Waals surface area (Å²) >= 11 is 0. The molecule has 1 aromatic carbocycles. The van der Waals surface area contributed by atoms with Gasteiger partial charge in [-0.3, -0.25) is 4.79 Å². The molecule has 1 N–H and O–H groups in total. The number of sulfonamides is 1. The summed E-state index contributed by atoms with van der Waals surface area (Å²) in [6.07, 6.45) is 1.64. The number of halogens is 1. The molecule has 1 aromatic rings. The standard InChI is InChI=1S/C14H19FN2O3S/c15-13-5-3-4-12(10-13)11-14(18)16-6-8-17-7-1-2-9-21(17,19)20/h3-5,10H,1-2,6-9,11H2,(H,16,18). The van der Waals surface area contributed by atoms with E-state index in [-0.39, 0.29) is 37.0 Å². The summed E-state index contributed by atoms with van der Waals surface area (Å²) in [4.78, 5) is 11.7. The van der Waals surface area contributed by atoms with Gasteiger partial charge in [-0.15, -0.1) is 0 Å². The highest BCUT2D eigenvalue weighted by Gasteiger charge is 2.25. The minimum absolute atomic E-state index is 0.0878. The van der Waals surface area contributed by atoms with Gasteiger partial charge in [-0.1, -0.05) is 12.1 Å². The number of carbonyl (C=O) groups excluding carboxylic acids is 1. The van der Waals surface area contributed by atoms with Crippen LogP contribution in [0.2, 0.25) is 0 Å². The predicted molar refractivity (Wildman–Crippen MR) is 77.7 cm³/mol. The molecule has 0 unspecified atom stereocenters. The highest BCUT2D eigenvalue weighted by Crippen LogP contribution is 2.12. The van der Waals surface area contributed by atoms with E-state index in [0.717, 1.165) is 6.42 Å². The van der Waals surface area contributed by atoms with Gasteiger partial charge < -0.3 is 5.32 Å². The summed E-state index contributed by atoms with van der Waals surface area (Å²) in [5, 5.41) is 2.67. The minimum Gasteiger partial charge on any atom is -0.354 e. The normalized spacial score (nSPS) is 18.3. The van der Waals surface area contributed by atoms with Gasteiger partial charge in [0.15, 0.2) is 0 Å². The van der Waals surface area contributed by atoms with E-state index in [1.54, 1.807) is 12.1 Å². The average molecular weight is 314 g/mol. The fourth-order valence-corrected chi connectivity index (χ4v) is 3.91. The molecule has 0 spiro atoms. The Morgan fingerprint density at radius 2 is 2.14 bits per heavy atom. The fourth-order valence-electron chi connectivity index (χ4n) is 2.31. The Kier molecular flexibility index (Phi) is 5.30. The van der Waals surface area contributed by atoms with Gasteiger partial charge in [-0.2, -0.15) is 0 Å². The van der Waals surface area contributed by atoms with Gasteiger partial charge >= 0.3 is 0 Å². The zero-order valence-corrected chi connectivity index (χ0v) is 12.5. The van der Waals surface area contributed by atoms with Crippen molar-refractivity contribution in [1.29, 1.82) is 0 Å². The molecule has 0 radical (unpaired) electrons. The van der Waals surface area contributed by atoms with Crippen LogP contribution < -0.4 is 5.32 Å². The second kappa shape index (κ2) is 7.00. The van der Waals surface area contributed by atoms with Crippen LogP contribution in [0.3, 0.4) is 0 Å². The number of hydrogen-bond acceptors (Lipinski definition) is 3. The largest absolute Gasteiger partial charge is 0.354 e. The van der Waals surface area contributed by atoms with E-state index in [9.17, 15) is 17.6 Å². The third-order valence-electron chi connectivity index (χ3n) is 3.39. The van der Waals surface area contributed by atoms with Crippen LogP contribution in [0.4, 0.5) is 4.39 Å². The van der Waals surface area contributed by atoms with Gasteiger partial charge in [0.2, 0.25) is 15.9 Å². The monoisotopic (exact) mass is 314 g/mol. The van der Waals surface area contributed by atoms with Crippen molar-refractivity contribution in [2.24, 2.45) is 0 Å². The molecular weight excluding hydrogens is 295 g/mol. The highest BCUT2D eigenvalue weighted by atomic mass is 32.2. The first-order chi connectivity index (χ1) is 9.97. The summed E-state index contributed by atoms with van der Waals surface area (Å²) in [5.41, 5.74) is 0.595. The van der Waals surface area contributed by atoms with E-state index in [1.807, 2.05) is 0 Å². The second-order valence-electron chi connectivity index (χ2n) is 5.08. The lowest BCUT2D eigenvalue weighted by atomic mass is 10.1. The molecule has 5 nitrogen and oxygen atoms in total. The van der Waals surface area contributed by atoms with E-state index < -0.39 is 10.0 Å². The Bertz CT molecular complexity index is 604. The van der Waals surface area contributed by atoms with Gasteiger partial charge in [0.1, 0.15) is 5.82 Å². The molecule has 0 bridgehead atoms. The Morgan fingerprint density at radius 3 is 2.86 bits per heavy atom. The number of carbonyl (C=O) groups is 1. The summed E-state index contributed by atoms with van der Waals surface area (Å²) in [7, 11) is -3.15. The number of hydrogen-bond donors (Lipinski definition) is 1. The molecule has 0 saturated carbocycles. The summed E-state index contributed by atoms with van der Waals surface area (Å²) in [6, 6.07) is 5.87. The lowest BCUT2D eigenvalue weighted by Gasteiger charge is -2.26. The zero-order valence-electron chi connectivity index (χ0n) is 11.7. The maximum Gasteiger partial charge on any atom is 0.224 e. The number of nitrogens with one attached hydrogen (secondary N) is 1. The molecule has 1 heterocycles. The first-order valence-corrected chi connectivity index (χ1v) is 8.57. The topological polar surface area (TPSA) is 66.5 Å². The van der Waals surface area contributed by atoms with Crippen LogP contribution in [0, 0.1) is 5.82 Å². The Morgan fingerprint density at radius 1 is 1.33 bits per heavy atom. The van der Waals surface area contributed by atoms with Crippen molar-refractivity contribution in [1.82, 2.24) is 9.62 Å². The first kappa shape index (κ1) is 15.9. The average Bonchev–Trinajstić information content (AvgIpc) is 2.40. The quantitative estimate of drug-likeness (QED) is 0.878. The van der Waals surface area contributed by atoms with Crippen LogP contribution in [-0.4, -0.2) is 44.0 Å². The number of amides is 1. The molecule has 116 valence electrons. The van der Waals surface area contributed by atoms with Crippen molar-refractivity contribution in [3.8, 4) is 0 Å². The highest BCUT2D eigenvalue weighted by molar-refractivity contribution is 7.89. The Balaban J connectivity index is 1.77. The van der Waals surface area contributed by atoms with Gasteiger partial charge in [-0.25, -0.2) is 17.1 Å². The summed E-state index contributed by atoms with van der Waals surface area (Å²) in [6.45, 7) is 1.08. The molecule has 0 aliphatic carbocycles. The molecular formula is C14H19FN2O3S. The van der Waals surface area contributed by atoms with Crippen LogP contribution >= 0.6 is 0 Å².